The monoisotopic (exact) mass is 532 g/mol. The molecular formula is C7H4Br3IOZn-. The quantitative estimate of drug-likeness (QED) is 0.360. The van der Waals surface area contributed by atoms with Crippen LogP contribution in [0, 0.1) is 4.93 Å². The number of hydrogen-bond donors (Lipinski definition) is 0. The molecule has 1 aromatic carbocycles. The van der Waals surface area contributed by atoms with Gasteiger partial charge in [-0.25, -0.2) is 0 Å². The minimum atomic E-state index is -0.0248. The van der Waals surface area contributed by atoms with Crippen LogP contribution < -0.4 is 5.11 Å². The Hall–Kier alpha value is 1.81. The molecule has 0 saturated carbocycles. The van der Waals surface area contributed by atoms with E-state index >= 15 is 0 Å². The van der Waals surface area contributed by atoms with Gasteiger partial charge in [-0.3, -0.25) is 0 Å². The maximum atomic E-state index is 11.0. The van der Waals surface area contributed by atoms with E-state index in [1.165, 1.54) is 0 Å². The van der Waals surface area contributed by atoms with Crippen molar-refractivity contribution in [1.29, 1.82) is 0 Å². The van der Waals surface area contributed by atoms with Crippen molar-refractivity contribution in [3.8, 4) is 5.75 Å². The van der Waals surface area contributed by atoms with Crippen molar-refractivity contribution in [1.82, 2.24) is 0 Å². The molecule has 0 aromatic heterocycles. The molecule has 0 aliphatic heterocycles. The van der Waals surface area contributed by atoms with Crippen molar-refractivity contribution in [2.75, 3.05) is 0 Å². The van der Waals surface area contributed by atoms with Gasteiger partial charge in [0.1, 0.15) is 0 Å². The molecular weight excluding hydrogens is 532 g/mol. The summed E-state index contributed by atoms with van der Waals surface area (Å²) >= 11 is 11.4. The molecule has 69 valence electrons. The van der Waals surface area contributed by atoms with Crippen LogP contribution in [0.5, 0.6) is 5.75 Å². The largest absolute Gasteiger partial charge is 0.871 e. The average Bonchev–Trinajstić information content (AvgIpc) is 2.04. The van der Waals surface area contributed by atoms with Gasteiger partial charge in [0.25, 0.3) is 0 Å². The molecule has 0 aliphatic rings. The van der Waals surface area contributed by atoms with Crippen LogP contribution in [0.15, 0.2) is 25.6 Å². The van der Waals surface area contributed by atoms with Crippen molar-refractivity contribution >= 4 is 70.4 Å². The third kappa shape index (κ3) is 6.08. The first kappa shape index (κ1) is 17.2. The van der Waals surface area contributed by atoms with Crippen molar-refractivity contribution in [3.05, 3.63) is 30.5 Å². The van der Waals surface area contributed by atoms with E-state index in [2.05, 4.69) is 52.7 Å². The van der Waals surface area contributed by atoms with Gasteiger partial charge in [0.2, 0.25) is 0 Å². The van der Waals surface area contributed by atoms with Crippen LogP contribution in [0.2, 0.25) is 0 Å². The second kappa shape index (κ2) is 9.07. The number of hydrogen-bond acceptors (Lipinski definition) is 1. The molecule has 0 heterocycles. The normalized spacial score (nSPS) is 8.08. The van der Waals surface area contributed by atoms with Gasteiger partial charge in [-0.15, -0.1) is 0 Å². The number of rotatable bonds is 0. The van der Waals surface area contributed by atoms with E-state index in [9.17, 15) is 5.11 Å². The summed E-state index contributed by atoms with van der Waals surface area (Å²) in [6, 6.07) is 3.43. The molecule has 0 amide bonds. The SMILES string of the molecule is [CH2]I.[O-]c1c(Br)cc(Br)cc1Br.[Zn]. The molecule has 0 fully saturated rings. The summed E-state index contributed by atoms with van der Waals surface area (Å²) in [6.45, 7) is 0. The first-order chi connectivity index (χ1) is 5.61. The van der Waals surface area contributed by atoms with Gasteiger partial charge in [-0.05, 0) is 12.1 Å². The van der Waals surface area contributed by atoms with E-state index in [-0.39, 0.29) is 25.2 Å². The molecule has 0 unspecified atom stereocenters. The van der Waals surface area contributed by atoms with E-state index in [4.69, 9.17) is 0 Å². The Morgan fingerprint density at radius 3 is 1.69 bits per heavy atom. The smallest absolute Gasteiger partial charge is 0.0197 e. The summed E-state index contributed by atoms with van der Waals surface area (Å²) in [5.74, 6) is -0.0248. The Bertz CT molecular complexity index is 247. The second-order valence-corrected chi connectivity index (χ2v) is 4.32. The van der Waals surface area contributed by atoms with E-state index in [1.807, 2.05) is 22.6 Å². The molecule has 13 heavy (non-hydrogen) atoms. The maximum absolute atomic E-state index is 11.0. The topological polar surface area (TPSA) is 23.1 Å². The Morgan fingerprint density at radius 2 is 1.38 bits per heavy atom. The van der Waals surface area contributed by atoms with E-state index in [0.29, 0.717) is 8.95 Å². The molecule has 0 N–H and O–H groups in total. The van der Waals surface area contributed by atoms with Gasteiger partial charge in [0, 0.05) is 37.8 Å². The van der Waals surface area contributed by atoms with Crippen LogP contribution in [0.25, 0.3) is 0 Å². The standard InChI is InChI=1S/C6H3Br3O.CH2I.Zn/c7-3-1-4(8)6(10)5(9)2-3;1-2;/h1-2,10H;1H2;/p-1. The van der Waals surface area contributed by atoms with Gasteiger partial charge in [0.15, 0.2) is 0 Å². The van der Waals surface area contributed by atoms with Crippen LogP contribution >= 0.6 is 70.4 Å². The van der Waals surface area contributed by atoms with Gasteiger partial charge < -0.3 is 5.11 Å². The first-order valence-electron chi connectivity index (χ1n) is 2.69. The summed E-state index contributed by atoms with van der Waals surface area (Å²) in [6.07, 6.45) is 0. The molecule has 1 nitrogen and oxygen atoms in total. The van der Waals surface area contributed by atoms with E-state index < -0.39 is 0 Å². The van der Waals surface area contributed by atoms with Gasteiger partial charge >= 0.3 is 0 Å². The van der Waals surface area contributed by atoms with Crippen LogP contribution in [-0.2, 0) is 19.5 Å². The van der Waals surface area contributed by atoms with Crippen molar-refractivity contribution in [2.45, 2.75) is 0 Å². The maximum Gasteiger partial charge on any atom is 0.0197 e. The summed E-state index contributed by atoms with van der Waals surface area (Å²) in [5, 5.41) is 11.0. The molecule has 0 aliphatic carbocycles. The molecule has 0 spiro atoms. The van der Waals surface area contributed by atoms with Crippen molar-refractivity contribution in [3.63, 3.8) is 0 Å². The predicted octanol–water partition coefficient (Wildman–Crippen LogP) is 4.26. The van der Waals surface area contributed by atoms with E-state index in [0.717, 1.165) is 4.47 Å². The molecule has 0 atom stereocenters. The molecule has 0 bridgehead atoms. The second-order valence-electron chi connectivity index (χ2n) is 1.70. The number of benzene rings is 1. The molecule has 1 rings (SSSR count). The van der Waals surface area contributed by atoms with Crippen molar-refractivity contribution in [2.24, 2.45) is 0 Å². The Labute approximate surface area is 129 Å². The minimum Gasteiger partial charge on any atom is -0.871 e. The average molecular weight is 536 g/mol. The van der Waals surface area contributed by atoms with Gasteiger partial charge in [0.05, 0.1) is 0 Å². The minimum absolute atomic E-state index is 0. The van der Waals surface area contributed by atoms with Crippen LogP contribution in [0.1, 0.15) is 0 Å². The fourth-order valence-corrected chi connectivity index (χ4v) is 2.79. The first-order valence-corrected chi connectivity index (χ1v) is 6.60. The van der Waals surface area contributed by atoms with Gasteiger partial charge in [-0.1, -0.05) is 76.1 Å². The zero-order chi connectivity index (χ0) is 9.72. The molecule has 6 heteroatoms. The summed E-state index contributed by atoms with van der Waals surface area (Å²) in [7, 11) is 0. The molecule has 1 aromatic rings. The predicted molar refractivity (Wildman–Crippen MR) is 68.4 cm³/mol. The third-order valence-corrected chi connectivity index (χ3v) is 2.60. The van der Waals surface area contributed by atoms with Crippen LogP contribution in [-0.4, -0.2) is 0 Å². The van der Waals surface area contributed by atoms with Gasteiger partial charge in [-0.2, -0.15) is 0 Å². The fourth-order valence-electron chi connectivity index (χ4n) is 0.529. The molecule has 1 radical (unpaired) electrons. The zero-order valence-corrected chi connectivity index (χ0v) is 16.4. The summed E-state index contributed by atoms with van der Waals surface area (Å²) in [5.41, 5.74) is 0. The molecule has 0 saturated heterocycles. The Balaban J connectivity index is 0. The van der Waals surface area contributed by atoms with Crippen LogP contribution in [0.4, 0.5) is 0 Å². The number of halogens is 4. The zero-order valence-electron chi connectivity index (χ0n) is 6.49. The summed E-state index contributed by atoms with van der Waals surface area (Å²) < 4.78 is 2.01. The fraction of sp³-hybridized carbons (Fsp3) is 0. The van der Waals surface area contributed by atoms with E-state index in [1.54, 1.807) is 12.1 Å². The third-order valence-electron chi connectivity index (χ3n) is 0.963. The van der Waals surface area contributed by atoms with Crippen LogP contribution in [0.3, 0.4) is 0 Å². The summed E-state index contributed by atoms with van der Waals surface area (Å²) in [4.78, 5) is 3.22. The Kier molecular flexibility index (Phi) is 12.0. The Morgan fingerprint density at radius 1 is 1.08 bits per heavy atom. The van der Waals surface area contributed by atoms with Crippen molar-refractivity contribution < 1.29 is 24.6 Å².